The van der Waals surface area contributed by atoms with Crippen LogP contribution in [0.5, 0.6) is 0 Å². The van der Waals surface area contributed by atoms with Crippen LogP contribution in [0.3, 0.4) is 0 Å². The SMILES string of the molecule is Cc1ncc(C(=O)Nc2cc(C(C)(C)C)on2)cc1N(N)/C=C(\N)c1cncc(CN(C)C)c1. The fourth-order valence-corrected chi connectivity index (χ4v) is 3.17. The van der Waals surface area contributed by atoms with Gasteiger partial charge in [0.2, 0.25) is 0 Å². The van der Waals surface area contributed by atoms with Crippen LogP contribution in [0.1, 0.15) is 53.7 Å². The van der Waals surface area contributed by atoms with Crippen molar-refractivity contribution in [2.24, 2.45) is 11.6 Å². The van der Waals surface area contributed by atoms with Gasteiger partial charge >= 0.3 is 0 Å². The lowest BCUT2D eigenvalue weighted by atomic mass is 9.93. The van der Waals surface area contributed by atoms with Crippen molar-refractivity contribution in [3.05, 3.63) is 71.1 Å². The standard InChI is InChI=1S/C24H32N8O2/c1-15-20(32(26)14-19(25)17-7-16(10-27-11-17)13-31(5)6)8-18(12-28-15)23(33)29-22-9-21(34-30-22)24(2,3)4/h7-12,14H,13,25-26H2,1-6H3,(H,29,30,33)/b19-14-. The zero-order valence-corrected chi connectivity index (χ0v) is 20.5. The number of hydrazine groups is 1. The van der Waals surface area contributed by atoms with Gasteiger partial charge in [-0.05, 0) is 38.7 Å². The second-order valence-electron chi connectivity index (χ2n) is 9.42. The van der Waals surface area contributed by atoms with E-state index >= 15 is 0 Å². The number of hydrogen-bond acceptors (Lipinski definition) is 9. The van der Waals surface area contributed by atoms with Crippen LogP contribution in [0.4, 0.5) is 11.5 Å². The molecule has 34 heavy (non-hydrogen) atoms. The molecule has 0 bridgehead atoms. The molecule has 0 fully saturated rings. The first-order chi connectivity index (χ1) is 15.9. The van der Waals surface area contributed by atoms with Gasteiger partial charge in [0.1, 0.15) is 5.76 Å². The lowest BCUT2D eigenvalue weighted by Gasteiger charge is -2.18. The van der Waals surface area contributed by atoms with E-state index in [1.165, 1.54) is 11.2 Å². The second kappa shape index (κ2) is 10.0. The molecule has 0 aromatic carbocycles. The topological polar surface area (TPSA) is 139 Å². The van der Waals surface area contributed by atoms with Gasteiger partial charge in [0.25, 0.3) is 5.91 Å². The number of nitrogens with zero attached hydrogens (tertiary/aromatic N) is 5. The van der Waals surface area contributed by atoms with Crippen LogP contribution >= 0.6 is 0 Å². The van der Waals surface area contributed by atoms with Crippen LogP contribution < -0.4 is 21.9 Å². The van der Waals surface area contributed by atoms with Gasteiger partial charge < -0.3 is 20.5 Å². The van der Waals surface area contributed by atoms with Crippen LogP contribution in [0, 0.1) is 6.92 Å². The number of anilines is 2. The predicted octanol–water partition coefficient (Wildman–Crippen LogP) is 3.02. The molecular formula is C24H32N8O2. The summed E-state index contributed by atoms with van der Waals surface area (Å²) in [5, 5.41) is 8.00. The van der Waals surface area contributed by atoms with Gasteiger partial charge in [-0.1, -0.05) is 25.9 Å². The highest BCUT2D eigenvalue weighted by molar-refractivity contribution is 6.04. The minimum absolute atomic E-state index is 0.220. The molecule has 3 aromatic rings. The van der Waals surface area contributed by atoms with Crippen molar-refractivity contribution in [1.29, 1.82) is 0 Å². The van der Waals surface area contributed by atoms with Crippen molar-refractivity contribution in [1.82, 2.24) is 20.0 Å². The van der Waals surface area contributed by atoms with Gasteiger partial charge in [0.05, 0.1) is 22.6 Å². The lowest BCUT2D eigenvalue weighted by molar-refractivity contribution is 0.102. The largest absolute Gasteiger partial charge is 0.397 e. The molecule has 3 aromatic heterocycles. The third-order valence-corrected chi connectivity index (χ3v) is 5.00. The normalized spacial score (nSPS) is 12.2. The van der Waals surface area contributed by atoms with Gasteiger partial charge in [-0.3, -0.25) is 19.8 Å². The monoisotopic (exact) mass is 464 g/mol. The maximum atomic E-state index is 12.8. The van der Waals surface area contributed by atoms with E-state index < -0.39 is 0 Å². The minimum Gasteiger partial charge on any atom is -0.397 e. The molecule has 0 atom stereocenters. The molecule has 0 saturated carbocycles. The first kappa shape index (κ1) is 24.9. The Morgan fingerprint density at radius 3 is 2.53 bits per heavy atom. The number of rotatable bonds is 7. The van der Waals surface area contributed by atoms with Crippen molar-refractivity contribution in [2.45, 2.75) is 39.7 Å². The molecule has 0 aliphatic heterocycles. The van der Waals surface area contributed by atoms with E-state index in [9.17, 15) is 4.79 Å². The Hall–Kier alpha value is -3.76. The number of nitrogens with two attached hydrogens (primary N) is 2. The summed E-state index contributed by atoms with van der Waals surface area (Å²) in [6, 6.07) is 5.32. The zero-order chi connectivity index (χ0) is 25.0. The molecule has 0 aliphatic carbocycles. The Bertz CT molecular complexity index is 1190. The second-order valence-corrected chi connectivity index (χ2v) is 9.42. The Kier molecular flexibility index (Phi) is 7.33. The number of hydrogen-bond donors (Lipinski definition) is 3. The summed E-state index contributed by atoms with van der Waals surface area (Å²) in [5.41, 5.74) is 9.76. The highest BCUT2D eigenvalue weighted by atomic mass is 16.5. The van der Waals surface area contributed by atoms with Gasteiger partial charge in [-0.2, -0.15) is 0 Å². The van der Waals surface area contributed by atoms with Gasteiger partial charge in [0.15, 0.2) is 5.82 Å². The predicted molar refractivity (Wildman–Crippen MR) is 133 cm³/mol. The van der Waals surface area contributed by atoms with Crippen molar-refractivity contribution in [3.63, 3.8) is 0 Å². The number of aryl methyl sites for hydroxylation is 1. The Morgan fingerprint density at radius 1 is 1.15 bits per heavy atom. The fraction of sp³-hybridized carbons (Fsp3) is 0.333. The number of pyridine rings is 2. The molecule has 0 saturated heterocycles. The Balaban J connectivity index is 1.80. The van der Waals surface area contributed by atoms with Crippen molar-refractivity contribution >= 4 is 23.1 Å². The van der Waals surface area contributed by atoms with Crippen molar-refractivity contribution in [3.8, 4) is 0 Å². The summed E-state index contributed by atoms with van der Waals surface area (Å²) in [7, 11) is 3.97. The van der Waals surface area contributed by atoms with E-state index in [2.05, 4.69) is 20.4 Å². The molecule has 10 nitrogen and oxygen atoms in total. The van der Waals surface area contributed by atoms with Gasteiger partial charge in [-0.25, -0.2) is 5.84 Å². The highest BCUT2D eigenvalue weighted by Crippen LogP contribution is 2.25. The lowest BCUT2D eigenvalue weighted by Crippen LogP contribution is -2.27. The maximum absolute atomic E-state index is 12.8. The average molecular weight is 465 g/mol. The molecule has 0 spiro atoms. The smallest absolute Gasteiger partial charge is 0.258 e. The molecule has 10 heteroatoms. The summed E-state index contributed by atoms with van der Waals surface area (Å²) in [4.78, 5) is 23.4. The van der Waals surface area contributed by atoms with Crippen LogP contribution in [-0.2, 0) is 12.0 Å². The van der Waals surface area contributed by atoms with E-state index in [0.29, 0.717) is 34.2 Å². The highest BCUT2D eigenvalue weighted by Gasteiger charge is 2.21. The Labute approximate surface area is 199 Å². The summed E-state index contributed by atoms with van der Waals surface area (Å²) in [6.07, 6.45) is 6.54. The quantitative estimate of drug-likeness (QED) is 0.355. The third-order valence-electron chi connectivity index (χ3n) is 5.00. The molecule has 3 rings (SSSR count). The summed E-state index contributed by atoms with van der Waals surface area (Å²) in [6.45, 7) is 8.54. The maximum Gasteiger partial charge on any atom is 0.258 e. The molecule has 0 aliphatic rings. The summed E-state index contributed by atoms with van der Waals surface area (Å²) in [5.74, 6) is 6.89. The van der Waals surface area contributed by atoms with Crippen molar-refractivity contribution < 1.29 is 9.32 Å². The Morgan fingerprint density at radius 2 is 1.88 bits per heavy atom. The molecule has 5 N–H and O–H groups in total. The van der Waals surface area contributed by atoms with Crippen LogP contribution in [-0.4, -0.2) is 40.0 Å². The molecule has 0 radical (unpaired) electrons. The van der Waals surface area contributed by atoms with Gasteiger partial charge in [0, 0.05) is 48.4 Å². The summed E-state index contributed by atoms with van der Waals surface area (Å²) < 4.78 is 5.32. The third kappa shape index (κ3) is 6.18. The molecular weight excluding hydrogens is 432 g/mol. The van der Waals surface area contributed by atoms with E-state index in [1.807, 2.05) is 45.8 Å². The minimum atomic E-state index is -0.381. The van der Waals surface area contributed by atoms with Crippen LogP contribution in [0.15, 0.2) is 47.5 Å². The number of aromatic nitrogens is 3. The molecule has 3 heterocycles. The molecule has 0 unspecified atom stereocenters. The number of carbonyl (C=O) groups is 1. The number of carbonyl (C=O) groups excluding carboxylic acids is 1. The van der Waals surface area contributed by atoms with Crippen LogP contribution in [0.2, 0.25) is 0 Å². The zero-order valence-electron chi connectivity index (χ0n) is 20.5. The number of amides is 1. The summed E-state index contributed by atoms with van der Waals surface area (Å²) >= 11 is 0. The first-order valence-electron chi connectivity index (χ1n) is 10.8. The molecule has 1 amide bonds. The van der Waals surface area contributed by atoms with Gasteiger partial charge in [-0.15, -0.1) is 0 Å². The average Bonchev–Trinajstić information content (AvgIpc) is 3.22. The van der Waals surface area contributed by atoms with E-state index in [4.69, 9.17) is 16.1 Å². The first-order valence-corrected chi connectivity index (χ1v) is 10.8. The van der Waals surface area contributed by atoms with E-state index in [1.54, 1.807) is 37.7 Å². The number of nitrogens with one attached hydrogen (secondary N) is 1. The van der Waals surface area contributed by atoms with E-state index in [0.717, 1.165) is 17.7 Å². The van der Waals surface area contributed by atoms with Crippen LogP contribution in [0.25, 0.3) is 5.70 Å². The van der Waals surface area contributed by atoms with Crippen molar-refractivity contribution in [2.75, 3.05) is 24.4 Å². The fourth-order valence-electron chi connectivity index (χ4n) is 3.17. The van der Waals surface area contributed by atoms with E-state index in [-0.39, 0.29) is 11.3 Å². The molecule has 180 valence electrons.